The van der Waals surface area contributed by atoms with E-state index in [-0.39, 0.29) is 0 Å². The van der Waals surface area contributed by atoms with E-state index >= 15 is 0 Å². The quantitative estimate of drug-likeness (QED) is 0.295. The van der Waals surface area contributed by atoms with Crippen molar-refractivity contribution in [1.29, 1.82) is 5.41 Å². The summed E-state index contributed by atoms with van der Waals surface area (Å²) in [5.74, 6) is -0.425. The van der Waals surface area contributed by atoms with Crippen LogP contribution in [0.4, 0.5) is 5.13 Å². The molecule has 1 aromatic rings. The minimum Gasteiger partial charge on any atom is -0.463 e. The first kappa shape index (κ1) is 16.1. The number of rotatable bonds is 8. The van der Waals surface area contributed by atoms with Gasteiger partial charge in [-0.3, -0.25) is 0 Å². The Labute approximate surface area is 122 Å². The maximum atomic E-state index is 11.2. The molecule has 0 fully saturated rings. The maximum Gasteiger partial charge on any atom is 0.330 e. The highest BCUT2D eigenvalue weighted by atomic mass is 32.1. The van der Waals surface area contributed by atoms with Crippen molar-refractivity contribution in [3.8, 4) is 0 Å². The molecule has 0 spiro atoms. The highest BCUT2D eigenvalue weighted by Gasteiger charge is 1.99. The highest BCUT2D eigenvalue weighted by Crippen LogP contribution is 2.17. The van der Waals surface area contributed by atoms with Gasteiger partial charge >= 0.3 is 5.97 Å². The van der Waals surface area contributed by atoms with Gasteiger partial charge in [0, 0.05) is 41.7 Å². The van der Waals surface area contributed by atoms with Gasteiger partial charge in [0.1, 0.15) is 0 Å². The number of ether oxygens (including phenoxy) is 1. The Hall–Kier alpha value is -1.99. The number of esters is 1. The van der Waals surface area contributed by atoms with E-state index in [1.54, 1.807) is 19.3 Å². The molecule has 0 radical (unpaired) electrons. The summed E-state index contributed by atoms with van der Waals surface area (Å²) >= 11 is 1.52. The van der Waals surface area contributed by atoms with Crippen molar-refractivity contribution in [1.82, 2.24) is 10.3 Å². The molecule has 0 saturated heterocycles. The summed E-state index contributed by atoms with van der Waals surface area (Å²) < 4.78 is 4.76. The molecule has 0 atom stereocenters. The number of nitrogens with zero attached hydrogens (tertiary/aromatic N) is 1. The van der Waals surface area contributed by atoms with Crippen molar-refractivity contribution < 1.29 is 9.53 Å². The van der Waals surface area contributed by atoms with Crippen molar-refractivity contribution in [2.24, 2.45) is 0 Å². The Balaban J connectivity index is 2.60. The third-order valence-corrected chi connectivity index (χ3v) is 3.06. The molecule has 0 aliphatic heterocycles. The van der Waals surface area contributed by atoms with Crippen LogP contribution in [0.15, 0.2) is 30.1 Å². The lowest BCUT2D eigenvalue weighted by Gasteiger charge is -1.97. The first-order chi connectivity index (χ1) is 9.69. The van der Waals surface area contributed by atoms with Crippen molar-refractivity contribution >= 4 is 28.7 Å². The van der Waals surface area contributed by atoms with Crippen LogP contribution in [0.3, 0.4) is 0 Å². The molecule has 0 bridgehead atoms. The van der Waals surface area contributed by atoms with Gasteiger partial charge in [0.05, 0.1) is 6.61 Å². The van der Waals surface area contributed by atoms with E-state index in [2.05, 4.69) is 15.6 Å². The summed E-state index contributed by atoms with van der Waals surface area (Å²) in [6.45, 7) is 2.84. The van der Waals surface area contributed by atoms with Crippen molar-refractivity contribution in [2.45, 2.75) is 13.5 Å². The molecule has 1 heterocycles. The maximum absolute atomic E-state index is 11.2. The van der Waals surface area contributed by atoms with E-state index in [4.69, 9.17) is 10.1 Å². The van der Waals surface area contributed by atoms with Gasteiger partial charge in [0.25, 0.3) is 0 Å². The summed E-state index contributed by atoms with van der Waals surface area (Å²) in [5, 5.41) is 14.1. The third kappa shape index (κ3) is 5.77. The largest absolute Gasteiger partial charge is 0.463 e. The van der Waals surface area contributed by atoms with Crippen LogP contribution < -0.4 is 10.6 Å². The summed E-state index contributed by atoms with van der Waals surface area (Å²) in [4.78, 5) is 16.5. The molecule has 0 unspecified atom stereocenters. The zero-order valence-electron chi connectivity index (χ0n) is 11.5. The number of anilines is 1. The molecule has 0 aliphatic rings. The van der Waals surface area contributed by atoms with Crippen molar-refractivity contribution in [3.63, 3.8) is 0 Å². The first-order valence-electron chi connectivity index (χ1n) is 6.11. The second-order valence-electron chi connectivity index (χ2n) is 3.68. The molecule has 3 N–H and O–H groups in total. The fraction of sp³-hybridized carbons (Fsp3) is 0.308. The van der Waals surface area contributed by atoms with Gasteiger partial charge in [-0.25, -0.2) is 9.78 Å². The van der Waals surface area contributed by atoms with E-state index < -0.39 is 5.97 Å². The highest BCUT2D eigenvalue weighted by molar-refractivity contribution is 7.15. The predicted octanol–water partition coefficient (Wildman–Crippen LogP) is 1.93. The fourth-order valence-electron chi connectivity index (χ4n) is 1.27. The Bertz CT molecular complexity index is 508. The Morgan fingerprint density at radius 2 is 2.35 bits per heavy atom. The number of thiazole rings is 1. The van der Waals surface area contributed by atoms with Crippen LogP contribution in [0.1, 0.15) is 11.8 Å². The summed E-state index contributed by atoms with van der Waals surface area (Å²) in [6, 6.07) is 0. The van der Waals surface area contributed by atoms with Gasteiger partial charge in [-0.2, -0.15) is 0 Å². The van der Waals surface area contributed by atoms with Gasteiger partial charge in [-0.1, -0.05) is 0 Å². The number of hydrogen-bond acceptors (Lipinski definition) is 7. The number of nitrogens with one attached hydrogen (secondary N) is 3. The molecule has 0 amide bonds. The molecule has 7 heteroatoms. The SMILES string of the molecule is CCOC(=O)/C=C/C(C=N)=C/Nc1ncc(CNC)s1. The van der Waals surface area contributed by atoms with Crippen molar-refractivity contribution in [3.05, 3.63) is 35.0 Å². The molecule has 6 nitrogen and oxygen atoms in total. The number of carbonyl (C=O) groups is 1. The van der Waals surface area contributed by atoms with Crippen LogP contribution in [0.2, 0.25) is 0 Å². The minimum absolute atomic E-state index is 0.332. The fourth-order valence-corrected chi connectivity index (χ4v) is 2.06. The van der Waals surface area contributed by atoms with Gasteiger partial charge < -0.3 is 20.8 Å². The Kier molecular flexibility index (Phi) is 7.23. The predicted molar refractivity (Wildman–Crippen MR) is 81.1 cm³/mol. The zero-order valence-corrected chi connectivity index (χ0v) is 12.3. The molecule has 108 valence electrons. The van der Waals surface area contributed by atoms with E-state index in [1.165, 1.54) is 23.5 Å². The van der Waals surface area contributed by atoms with Crippen LogP contribution in [-0.4, -0.2) is 30.8 Å². The van der Waals surface area contributed by atoms with E-state index in [0.717, 1.165) is 22.8 Å². The number of carbonyl (C=O) groups excluding carboxylic acids is 1. The summed E-state index contributed by atoms with van der Waals surface area (Å²) in [5.41, 5.74) is 0.545. The minimum atomic E-state index is -0.425. The molecular formula is C13H18N4O2S. The topological polar surface area (TPSA) is 87.1 Å². The van der Waals surface area contributed by atoms with Crippen molar-refractivity contribution in [2.75, 3.05) is 19.0 Å². The summed E-state index contributed by atoms with van der Waals surface area (Å²) in [6.07, 6.45) is 7.35. The van der Waals surface area contributed by atoms with E-state index in [9.17, 15) is 4.79 Å². The van der Waals surface area contributed by atoms with Crippen LogP contribution in [0, 0.1) is 5.41 Å². The zero-order chi connectivity index (χ0) is 14.8. The third-order valence-electron chi connectivity index (χ3n) is 2.13. The Morgan fingerprint density at radius 3 is 3.00 bits per heavy atom. The average Bonchev–Trinajstić information content (AvgIpc) is 2.87. The average molecular weight is 294 g/mol. The second kappa shape index (κ2) is 9.00. The molecule has 0 aliphatic carbocycles. The smallest absolute Gasteiger partial charge is 0.330 e. The summed E-state index contributed by atoms with van der Waals surface area (Å²) in [7, 11) is 1.88. The standard InChI is InChI=1S/C13H18N4O2S/c1-3-19-12(18)5-4-10(6-14)7-16-13-17-9-11(20-13)8-15-2/h4-7,9,14-15H,3,8H2,1-2H3,(H,16,17)/b5-4+,10-7-,14-6?. The first-order valence-corrected chi connectivity index (χ1v) is 6.92. The van der Waals surface area contributed by atoms with Gasteiger partial charge in [-0.15, -0.1) is 11.3 Å². The van der Waals surface area contributed by atoms with Gasteiger partial charge in [0.15, 0.2) is 5.13 Å². The molecule has 20 heavy (non-hydrogen) atoms. The lowest BCUT2D eigenvalue weighted by atomic mass is 10.3. The number of hydrogen-bond donors (Lipinski definition) is 3. The second-order valence-corrected chi connectivity index (χ2v) is 4.80. The normalized spacial score (nSPS) is 11.6. The molecule has 1 aromatic heterocycles. The van der Waals surface area contributed by atoms with E-state index in [1.807, 2.05) is 7.05 Å². The van der Waals surface area contributed by atoms with Gasteiger partial charge in [0.2, 0.25) is 0 Å². The lowest BCUT2D eigenvalue weighted by Crippen LogP contribution is -2.02. The monoisotopic (exact) mass is 294 g/mol. The molecule has 1 rings (SSSR count). The molecular weight excluding hydrogens is 276 g/mol. The Morgan fingerprint density at radius 1 is 1.55 bits per heavy atom. The molecule has 0 saturated carbocycles. The van der Waals surface area contributed by atoms with Crippen LogP contribution >= 0.6 is 11.3 Å². The van der Waals surface area contributed by atoms with Crippen LogP contribution in [0.25, 0.3) is 0 Å². The van der Waals surface area contributed by atoms with Gasteiger partial charge in [-0.05, 0) is 20.0 Å². The number of aromatic nitrogens is 1. The lowest BCUT2D eigenvalue weighted by molar-refractivity contribution is -0.137. The molecule has 0 aromatic carbocycles. The van der Waals surface area contributed by atoms with E-state index in [0.29, 0.717) is 12.2 Å². The number of allylic oxidation sites excluding steroid dienone is 2. The van der Waals surface area contributed by atoms with Crippen LogP contribution in [0.5, 0.6) is 0 Å². The van der Waals surface area contributed by atoms with Crippen LogP contribution in [-0.2, 0) is 16.1 Å².